The smallest absolute Gasteiger partial charge is 0.257 e. The zero-order chi connectivity index (χ0) is 17.5. The first-order valence-corrected chi connectivity index (χ1v) is 8.13. The number of nitrogens with zero attached hydrogens (tertiary/aromatic N) is 1. The van der Waals surface area contributed by atoms with Gasteiger partial charge in [0.25, 0.3) is 11.8 Å². The fraction of sp³-hybridized carbons (Fsp3) is 0.316. The van der Waals surface area contributed by atoms with Gasteiger partial charge in [0.1, 0.15) is 0 Å². The lowest BCUT2D eigenvalue weighted by Crippen LogP contribution is -2.27. The number of rotatable bonds is 6. The van der Waals surface area contributed by atoms with Gasteiger partial charge in [0.05, 0.1) is 11.1 Å². The van der Waals surface area contributed by atoms with Gasteiger partial charge in [-0.25, -0.2) is 0 Å². The molecule has 0 atom stereocenters. The van der Waals surface area contributed by atoms with Gasteiger partial charge in [-0.1, -0.05) is 32.9 Å². The quantitative estimate of drug-likeness (QED) is 0.856. The second-order valence-corrected chi connectivity index (χ2v) is 6.07. The molecule has 126 valence electrons. The molecule has 5 nitrogen and oxygen atoms in total. The molecule has 0 saturated carbocycles. The molecule has 24 heavy (non-hydrogen) atoms. The van der Waals surface area contributed by atoms with Crippen LogP contribution in [-0.4, -0.2) is 23.3 Å². The van der Waals surface area contributed by atoms with Gasteiger partial charge >= 0.3 is 0 Å². The van der Waals surface area contributed by atoms with E-state index in [2.05, 4.69) is 22.5 Å². The first-order valence-electron chi connectivity index (χ1n) is 8.13. The summed E-state index contributed by atoms with van der Waals surface area (Å²) >= 11 is 0. The third kappa shape index (κ3) is 4.91. The molecule has 1 heterocycles. The van der Waals surface area contributed by atoms with Crippen molar-refractivity contribution in [3.63, 3.8) is 0 Å². The number of anilines is 1. The molecule has 0 unspecified atom stereocenters. The van der Waals surface area contributed by atoms with E-state index in [4.69, 9.17) is 0 Å². The second-order valence-electron chi connectivity index (χ2n) is 6.07. The summed E-state index contributed by atoms with van der Waals surface area (Å²) in [5.41, 5.74) is 2.65. The number of aromatic nitrogens is 1. The van der Waals surface area contributed by atoms with Gasteiger partial charge in [0.15, 0.2) is 0 Å². The zero-order valence-electron chi connectivity index (χ0n) is 14.3. The standard InChI is InChI=1S/C19H23N3O2/c1-4-14-5-7-17(8-6-14)22-19(24)16-9-15(11-20-12-16)18(23)21-10-13(2)3/h5-9,11-13H,4,10H2,1-3H3,(H,21,23)(H,22,24). The highest BCUT2D eigenvalue weighted by molar-refractivity contribution is 6.05. The van der Waals surface area contributed by atoms with Crippen LogP contribution in [0.4, 0.5) is 5.69 Å². The van der Waals surface area contributed by atoms with Crippen molar-refractivity contribution >= 4 is 17.5 Å². The molecule has 1 aromatic carbocycles. The highest BCUT2D eigenvalue weighted by Gasteiger charge is 2.12. The third-order valence-electron chi connectivity index (χ3n) is 3.55. The van der Waals surface area contributed by atoms with Crippen LogP contribution in [0.15, 0.2) is 42.7 Å². The van der Waals surface area contributed by atoms with E-state index in [1.165, 1.54) is 18.0 Å². The molecule has 0 bridgehead atoms. The van der Waals surface area contributed by atoms with Gasteiger partial charge in [0.2, 0.25) is 0 Å². The van der Waals surface area contributed by atoms with Crippen LogP contribution in [0.25, 0.3) is 0 Å². The minimum atomic E-state index is -0.287. The lowest BCUT2D eigenvalue weighted by Gasteiger charge is -2.09. The Kier molecular flexibility index (Phi) is 6.07. The van der Waals surface area contributed by atoms with E-state index in [0.717, 1.165) is 6.42 Å². The molecular weight excluding hydrogens is 302 g/mol. The number of nitrogens with one attached hydrogen (secondary N) is 2. The van der Waals surface area contributed by atoms with Gasteiger partial charge < -0.3 is 10.6 Å². The van der Waals surface area contributed by atoms with Crippen LogP contribution in [0.5, 0.6) is 0 Å². The minimum Gasteiger partial charge on any atom is -0.352 e. The molecule has 5 heteroatoms. The van der Waals surface area contributed by atoms with Crippen LogP contribution in [0, 0.1) is 5.92 Å². The van der Waals surface area contributed by atoms with Crippen molar-refractivity contribution in [1.82, 2.24) is 10.3 Å². The number of carbonyl (C=O) groups is 2. The SMILES string of the molecule is CCc1ccc(NC(=O)c2cncc(C(=O)NCC(C)C)c2)cc1. The molecule has 0 aliphatic carbocycles. The van der Waals surface area contributed by atoms with E-state index in [9.17, 15) is 9.59 Å². The van der Waals surface area contributed by atoms with Crippen LogP contribution in [0.1, 0.15) is 47.1 Å². The van der Waals surface area contributed by atoms with Crippen LogP contribution in [0.2, 0.25) is 0 Å². The molecule has 0 radical (unpaired) electrons. The normalized spacial score (nSPS) is 10.5. The number of benzene rings is 1. The summed E-state index contributed by atoms with van der Waals surface area (Å²) in [4.78, 5) is 28.4. The molecule has 2 rings (SSSR count). The van der Waals surface area contributed by atoms with Crippen LogP contribution < -0.4 is 10.6 Å². The Labute approximate surface area is 142 Å². The molecule has 2 N–H and O–H groups in total. The van der Waals surface area contributed by atoms with Crippen molar-refractivity contribution in [2.75, 3.05) is 11.9 Å². The summed E-state index contributed by atoms with van der Waals surface area (Å²) in [5, 5.41) is 5.63. The Balaban J connectivity index is 2.06. The summed E-state index contributed by atoms with van der Waals surface area (Å²) in [5.74, 6) is -0.150. The molecule has 0 spiro atoms. The maximum Gasteiger partial charge on any atom is 0.257 e. The van der Waals surface area contributed by atoms with Crippen molar-refractivity contribution in [3.8, 4) is 0 Å². The molecule has 0 fully saturated rings. The topological polar surface area (TPSA) is 71.1 Å². The summed E-state index contributed by atoms with van der Waals surface area (Å²) in [6.45, 7) is 6.70. The Morgan fingerprint density at radius 2 is 1.67 bits per heavy atom. The number of hydrogen-bond donors (Lipinski definition) is 2. The largest absolute Gasteiger partial charge is 0.352 e. The van der Waals surface area contributed by atoms with Crippen molar-refractivity contribution in [2.45, 2.75) is 27.2 Å². The molecule has 0 aliphatic rings. The van der Waals surface area contributed by atoms with E-state index in [0.29, 0.717) is 29.3 Å². The predicted molar refractivity (Wildman–Crippen MR) is 95.2 cm³/mol. The van der Waals surface area contributed by atoms with E-state index in [1.54, 1.807) is 6.07 Å². The highest BCUT2D eigenvalue weighted by Crippen LogP contribution is 2.12. The van der Waals surface area contributed by atoms with E-state index in [-0.39, 0.29) is 11.8 Å². The minimum absolute atomic E-state index is 0.224. The monoisotopic (exact) mass is 325 g/mol. The first-order chi connectivity index (χ1) is 11.5. The number of hydrogen-bond acceptors (Lipinski definition) is 3. The van der Waals surface area contributed by atoms with Crippen LogP contribution in [-0.2, 0) is 6.42 Å². The summed E-state index contributed by atoms with van der Waals surface area (Å²) in [7, 11) is 0. The Morgan fingerprint density at radius 1 is 1.04 bits per heavy atom. The zero-order valence-corrected chi connectivity index (χ0v) is 14.3. The highest BCUT2D eigenvalue weighted by atomic mass is 16.2. The maximum atomic E-state index is 12.3. The third-order valence-corrected chi connectivity index (χ3v) is 3.55. The summed E-state index contributed by atoms with van der Waals surface area (Å²) in [6.07, 6.45) is 3.86. The second kappa shape index (κ2) is 8.24. The lowest BCUT2D eigenvalue weighted by atomic mass is 10.1. The Morgan fingerprint density at radius 3 is 2.25 bits per heavy atom. The van der Waals surface area contributed by atoms with Crippen molar-refractivity contribution in [2.24, 2.45) is 5.92 Å². The van der Waals surface area contributed by atoms with Gasteiger partial charge in [-0.05, 0) is 36.1 Å². The van der Waals surface area contributed by atoms with E-state index < -0.39 is 0 Å². The molecule has 1 aromatic heterocycles. The van der Waals surface area contributed by atoms with Crippen molar-refractivity contribution in [1.29, 1.82) is 0 Å². The predicted octanol–water partition coefficient (Wildman–Crippen LogP) is 3.28. The lowest BCUT2D eigenvalue weighted by molar-refractivity contribution is 0.0948. The number of carbonyl (C=O) groups excluding carboxylic acids is 2. The van der Waals surface area contributed by atoms with Crippen LogP contribution >= 0.6 is 0 Å². The fourth-order valence-corrected chi connectivity index (χ4v) is 2.11. The molecule has 2 aromatic rings. The van der Waals surface area contributed by atoms with Gasteiger partial charge in [-0.15, -0.1) is 0 Å². The first kappa shape index (κ1) is 17.7. The Hall–Kier alpha value is -2.69. The van der Waals surface area contributed by atoms with E-state index in [1.807, 2.05) is 38.1 Å². The van der Waals surface area contributed by atoms with Gasteiger partial charge in [-0.3, -0.25) is 14.6 Å². The number of aryl methyl sites for hydroxylation is 1. The molecule has 0 aliphatic heterocycles. The number of amides is 2. The van der Waals surface area contributed by atoms with E-state index >= 15 is 0 Å². The van der Waals surface area contributed by atoms with Crippen molar-refractivity contribution in [3.05, 3.63) is 59.4 Å². The molecular formula is C19H23N3O2. The average Bonchev–Trinajstić information content (AvgIpc) is 2.60. The summed E-state index contributed by atoms with van der Waals surface area (Å²) in [6, 6.07) is 9.23. The average molecular weight is 325 g/mol. The maximum absolute atomic E-state index is 12.3. The molecule has 0 saturated heterocycles. The van der Waals surface area contributed by atoms with Gasteiger partial charge in [-0.2, -0.15) is 0 Å². The number of pyridine rings is 1. The van der Waals surface area contributed by atoms with Crippen LogP contribution in [0.3, 0.4) is 0 Å². The Bertz CT molecular complexity index is 709. The van der Waals surface area contributed by atoms with Gasteiger partial charge in [0, 0.05) is 24.6 Å². The molecule has 2 amide bonds. The fourth-order valence-electron chi connectivity index (χ4n) is 2.11. The van der Waals surface area contributed by atoms with Crippen molar-refractivity contribution < 1.29 is 9.59 Å². The summed E-state index contributed by atoms with van der Waals surface area (Å²) < 4.78 is 0.